The highest BCUT2D eigenvalue weighted by molar-refractivity contribution is 6.34. The van der Waals surface area contributed by atoms with Crippen LogP contribution in [-0.2, 0) is 28.7 Å². The number of ether oxygens (including phenoxy) is 2. The average Bonchev–Trinajstić information content (AvgIpc) is 3.68. The van der Waals surface area contributed by atoms with E-state index in [1.165, 1.54) is 9.80 Å². The minimum atomic E-state index is -1.46. The SMILES string of the molecule is C[C@H](CO)N1C(=O)[C@@H]2[C@H]3C(=O)O[C@@H](c4ccccc4)CNC(=O)CC/C=C\CN(c4ccccc4Cl)C(=O)[C@@H]1[C@]21C=C[C@H]3O1. The Morgan fingerprint density at radius 2 is 1.80 bits per heavy atom. The number of amides is 3. The molecular formula is C33H34ClN3O7. The molecule has 0 unspecified atom stereocenters. The largest absolute Gasteiger partial charge is 0.455 e. The van der Waals surface area contributed by atoms with Gasteiger partial charge < -0.3 is 29.7 Å². The van der Waals surface area contributed by atoms with E-state index in [1.807, 2.05) is 24.3 Å². The van der Waals surface area contributed by atoms with Crippen LogP contribution in [0.15, 0.2) is 78.9 Å². The van der Waals surface area contributed by atoms with Gasteiger partial charge in [-0.1, -0.05) is 78.4 Å². The van der Waals surface area contributed by atoms with Gasteiger partial charge in [-0.2, -0.15) is 0 Å². The van der Waals surface area contributed by atoms with E-state index in [9.17, 15) is 24.3 Å². The van der Waals surface area contributed by atoms with E-state index >= 15 is 0 Å². The number of hydrogen-bond acceptors (Lipinski definition) is 7. The molecule has 4 heterocycles. The maximum absolute atomic E-state index is 14.7. The van der Waals surface area contributed by atoms with E-state index in [0.717, 1.165) is 0 Å². The smallest absolute Gasteiger partial charge is 0.313 e. The standard InChI is InChI=1S/C33H34ClN3O7/c1-20(19-38)37-29-31(41)36(23-13-8-7-12-22(23)34)17-9-3-6-14-26(39)35-18-25(21-10-4-2-5-11-21)43-32(42)27-24-15-16-33(29,44-24)28(27)30(37)40/h2-5,7-13,15-16,20,24-25,27-29,38H,6,14,17-19H2,1H3,(H,35,39)/b9-3-/t20-,24-,25-,27+,28+,29-,33+/m1/s1. The predicted molar refractivity (Wildman–Crippen MR) is 161 cm³/mol. The summed E-state index contributed by atoms with van der Waals surface area (Å²) in [6.07, 6.45) is 6.00. The molecule has 2 saturated heterocycles. The molecule has 7 atom stereocenters. The molecule has 2 N–H and O–H groups in total. The zero-order chi connectivity index (χ0) is 31.0. The van der Waals surface area contributed by atoms with Gasteiger partial charge >= 0.3 is 5.97 Å². The molecule has 2 aromatic carbocycles. The lowest BCUT2D eigenvalue weighted by Gasteiger charge is -2.38. The summed E-state index contributed by atoms with van der Waals surface area (Å²) >= 11 is 6.57. The molecule has 5 bridgehead atoms. The molecule has 4 aliphatic rings. The number of likely N-dealkylation sites (tertiary alicyclic amines) is 1. The molecule has 0 radical (unpaired) electrons. The highest BCUT2D eigenvalue weighted by atomic mass is 35.5. The molecule has 2 aromatic rings. The second-order valence-electron chi connectivity index (χ2n) is 11.5. The summed E-state index contributed by atoms with van der Waals surface area (Å²) in [6, 6.07) is 14.0. The zero-order valence-electron chi connectivity index (χ0n) is 24.2. The third-order valence-corrected chi connectivity index (χ3v) is 9.19. The third kappa shape index (κ3) is 5.10. The van der Waals surface area contributed by atoms with Gasteiger partial charge in [-0.3, -0.25) is 19.2 Å². The normalized spacial score (nSPS) is 31.9. The first-order valence-electron chi connectivity index (χ1n) is 14.8. The number of para-hydroxylation sites is 1. The van der Waals surface area contributed by atoms with Gasteiger partial charge in [0.2, 0.25) is 11.8 Å². The molecule has 2 fully saturated rings. The summed E-state index contributed by atoms with van der Waals surface area (Å²) in [6.45, 7) is 1.40. The predicted octanol–water partition coefficient (Wildman–Crippen LogP) is 2.96. The van der Waals surface area contributed by atoms with Crippen molar-refractivity contribution in [1.82, 2.24) is 10.2 Å². The average molecular weight is 620 g/mol. The lowest BCUT2D eigenvalue weighted by atomic mass is 9.74. The summed E-state index contributed by atoms with van der Waals surface area (Å²) in [5.74, 6) is -3.92. The number of aliphatic hydroxyl groups is 1. The maximum Gasteiger partial charge on any atom is 0.313 e. The molecule has 10 nitrogen and oxygen atoms in total. The maximum atomic E-state index is 14.7. The van der Waals surface area contributed by atoms with Crippen molar-refractivity contribution in [3.63, 3.8) is 0 Å². The Morgan fingerprint density at radius 3 is 2.55 bits per heavy atom. The fourth-order valence-corrected chi connectivity index (χ4v) is 7.00. The Bertz CT molecular complexity index is 1510. The number of aliphatic hydroxyl groups excluding tert-OH is 1. The Hall–Kier alpha value is -3.99. The van der Waals surface area contributed by atoms with E-state index in [4.69, 9.17) is 21.1 Å². The van der Waals surface area contributed by atoms with Gasteiger partial charge in [-0.15, -0.1) is 0 Å². The summed E-state index contributed by atoms with van der Waals surface area (Å²) < 4.78 is 12.5. The Balaban J connectivity index is 1.45. The first kappa shape index (κ1) is 30.1. The van der Waals surface area contributed by atoms with Gasteiger partial charge in [0.25, 0.3) is 5.91 Å². The van der Waals surface area contributed by atoms with Crippen molar-refractivity contribution in [2.45, 2.75) is 49.7 Å². The minimum absolute atomic E-state index is 0.0468. The van der Waals surface area contributed by atoms with Crippen LogP contribution in [0, 0.1) is 11.8 Å². The molecule has 230 valence electrons. The van der Waals surface area contributed by atoms with Gasteiger partial charge in [0.1, 0.15) is 23.7 Å². The number of hydrogen-bond donors (Lipinski definition) is 2. The number of nitrogens with one attached hydrogen (secondary N) is 1. The lowest BCUT2D eigenvalue weighted by molar-refractivity contribution is -0.160. The van der Waals surface area contributed by atoms with Gasteiger partial charge in [0.05, 0.1) is 41.9 Å². The van der Waals surface area contributed by atoms with E-state index in [-0.39, 0.29) is 25.4 Å². The molecule has 3 amide bonds. The highest BCUT2D eigenvalue weighted by Crippen LogP contribution is 2.56. The number of fused-ring (bicyclic) bond motifs is 2. The second-order valence-corrected chi connectivity index (χ2v) is 11.9. The number of benzene rings is 2. The van der Waals surface area contributed by atoms with E-state index in [2.05, 4.69) is 5.32 Å². The molecule has 0 saturated carbocycles. The van der Waals surface area contributed by atoms with Crippen molar-refractivity contribution < 1.29 is 33.8 Å². The quantitative estimate of drug-likeness (QED) is 0.398. The molecular weight excluding hydrogens is 586 g/mol. The van der Waals surface area contributed by atoms with Crippen LogP contribution in [0.5, 0.6) is 0 Å². The number of nitrogens with zero attached hydrogens (tertiary/aromatic N) is 2. The van der Waals surface area contributed by atoms with E-state index < -0.39 is 66.1 Å². The van der Waals surface area contributed by atoms with Crippen LogP contribution in [0.25, 0.3) is 0 Å². The number of anilines is 1. The zero-order valence-corrected chi connectivity index (χ0v) is 24.9. The minimum Gasteiger partial charge on any atom is -0.455 e. The number of carbonyl (C=O) groups excluding carboxylic acids is 4. The Morgan fingerprint density at radius 1 is 1.05 bits per heavy atom. The molecule has 0 aliphatic carbocycles. The fraction of sp³-hybridized carbons (Fsp3) is 0.394. The molecule has 1 spiro atoms. The first-order valence-corrected chi connectivity index (χ1v) is 15.2. The van der Waals surface area contributed by atoms with E-state index in [0.29, 0.717) is 22.7 Å². The van der Waals surface area contributed by atoms with Crippen LogP contribution in [0.4, 0.5) is 5.69 Å². The number of halogens is 1. The number of carbonyl (C=O) groups is 4. The van der Waals surface area contributed by atoms with Crippen LogP contribution in [0.2, 0.25) is 5.02 Å². The van der Waals surface area contributed by atoms with Gasteiger partial charge in [-0.25, -0.2) is 0 Å². The topological polar surface area (TPSA) is 125 Å². The van der Waals surface area contributed by atoms with Gasteiger partial charge in [0.15, 0.2) is 0 Å². The van der Waals surface area contributed by atoms with Crippen molar-refractivity contribution in [3.05, 3.63) is 89.5 Å². The fourth-order valence-electron chi connectivity index (χ4n) is 6.77. The summed E-state index contributed by atoms with van der Waals surface area (Å²) in [7, 11) is 0. The van der Waals surface area contributed by atoms with E-state index in [1.54, 1.807) is 61.5 Å². The summed E-state index contributed by atoms with van der Waals surface area (Å²) in [5.41, 5.74) is -0.342. The van der Waals surface area contributed by atoms with Crippen molar-refractivity contribution in [1.29, 1.82) is 0 Å². The van der Waals surface area contributed by atoms with Gasteiger partial charge in [-0.05, 0) is 31.0 Å². The highest BCUT2D eigenvalue weighted by Gasteiger charge is 2.74. The monoisotopic (exact) mass is 619 g/mol. The second kappa shape index (κ2) is 12.2. The molecule has 11 heteroatoms. The number of esters is 1. The van der Waals surface area contributed by atoms with Crippen molar-refractivity contribution in [3.8, 4) is 0 Å². The van der Waals surface area contributed by atoms with Gasteiger partial charge in [0, 0.05) is 13.0 Å². The summed E-state index contributed by atoms with van der Waals surface area (Å²) in [4.78, 5) is 58.4. The summed E-state index contributed by atoms with van der Waals surface area (Å²) in [5, 5.41) is 13.4. The molecule has 4 aliphatic heterocycles. The van der Waals surface area contributed by atoms with Crippen LogP contribution in [0.3, 0.4) is 0 Å². The van der Waals surface area contributed by atoms with Crippen LogP contribution >= 0.6 is 11.6 Å². The Kier molecular flexibility index (Phi) is 8.32. The van der Waals surface area contributed by atoms with Crippen molar-refractivity contribution in [2.75, 3.05) is 24.6 Å². The molecule has 44 heavy (non-hydrogen) atoms. The number of allylic oxidation sites excluding steroid dienone is 1. The molecule has 0 aromatic heterocycles. The van der Waals surface area contributed by atoms with Crippen LogP contribution in [0.1, 0.15) is 31.4 Å². The Labute approximate surface area is 260 Å². The van der Waals surface area contributed by atoms with Crippen molar-refractivity contribution >= 4 is 41.0 Å². The number of rotatable bonds is 4. The third-order valence-electron chi connectivity index (χ3n) is 8.87. The van der Waals surface area contributed by atoms with Crippen LogP contribution in [-0.4, -0.2) is 77.2 Å². The molecule has 6 rings (SSSR count). The van der Waals surface area contributed by atoms with Crippen molar-refractivity contribution in [2.24, 2.45) is 11.8 Å². The van der Waals surface area contributed by atoms with Crippen LogP contribution < -0.4 is 10.2 Å². The first-order chi connectivity index (χ1) is 21.3. The lowest BCUT2D eigenvalue weighted by Crippen LogP contribution is -2.58. The number of cyclic esters (lactones) is 1.